The average molecular weight is 328 g/mol. The molecule has 1 unspecified atom stereocenters. The molecular formula is C18H20N2O2S. The summed E-state index contributed by atoms with van der Waals surface area (Å²) in [4.78, 5) is 27.9. The molecule has 0 saturated carbocycles. The molecule has 1 aliphatic heterocycles. The number of hydrogen-bond donors (Lipinski definition) is 1. The van der Waals surface area contributed by atoms with Crippen LogP contribution in [0.15, 0.2) is 42.5 Å². The number of nitrogens with one attached hydrogen (secondary N) is 1. The highest BCUT2D eigenvalue weighted by atomic mass is 32.1. The van der Waals surface area contributed by atoms with Crippen LogP contribution in [0.1, 0.15) is 24.6 Å². The van der Waals surface area contributed by atoms with Crippen molar-refractivity contribution in [2.75, 3.05) is 6.54 Å². The molecule has 3 amide bonds. The molecule has 120 valence electrons. The Labute approximate surface area is 140 Å². The Morgan fingerprint density at radius 2 is 1.91 bits per heavy atom. The zero-order valence-electron chi connectivity index (χ0n) is 13.1. The predicted octanol–water partition coefficient (Wildman–Crippen LogP) is 3.68. The van der Waals surface area contributed by atoms with E-state index in [4.69, 9.17) is 0 Å². The molecule has 1 saturated heterocycles. The van der Waals surface area contributed by atoms with Crippen molar-refractivity contribution >= 4 is 23.3 Å². The minimum atomic E-state index is -0.429. The summed E-state index contributed by atoms with van der Waals surface area (Å²) in [6, 6.07) is 13.6. The van der Waals surface area contributed by atoms with E-state index in [-0.39, 0.29) is 11.9 Å². The fraction of sp³-hybridized carbons (Fsp3) is 0.333. The zero-order valence-corrected chi connectivity index (χ0v) is 13.9. The van der Waals surface area contributed by atoms with Gasteiger partial charge in [0.15, 0.2) is 0 Å². The van der Waals surface area contributed by atoms with E-state index in [0.717, 1.165) is 17.7 Å². The van der Waals surface area contributed by atoms with Crippen molar-refractivity contribution in [3.8, 4) is 10.4 Å². The standard InChI is InChI=1S/C18H20N2O2S/c1-2-3-11-20-17(21)15(19-18(20)22)12-14-9-10-16(23-14)13-7-5-4-6-8-13/h4-10,15H,2-3,11-12H2,1H3,(H,19,22). The summed E-state index contributed by atoms with van der Waals surface area (Å²) < 4.78 is 0. The molecule has 5 heteroatoms. The summed E-state index contributed by atoms with van der Waals surface area (Å²) >= 11 is 1.67. The molecule has 2 aromatic rings. The molecule has 23 heavy (non-hydrogen) atoms. The molecular weight excluding hydrogens is 308 g/mol. The van der Waals surface area contributed by atoms with Crippen molar-refractivity contribution < 1.29 is 9.59 Å². The molecule has 0 spiro atoms. The van der Waals surface area contributed by atoms with Gasteiger partial charge in [0, 0.05) is 22.7 Å². The molecule has 1 fully saturated rings. The molecule has 0 bridgehead atoms. The van der Waals surface area contributed by atoms with E-state index in [0.29, 0.717) is 13.0 Å². The molecule has 1 aromatic heterocycles. The Balaban J connectivity index is 1.67. The number of nitrogens with zero attached hydrogens (tertiary/aromatic N) is 1. The summed E-state index contributed by atoms with van der Waals surface area (Å²) in [6.07, 6.45) is 2.38. The number of hydrogen-bond acceptors (Lipinski definition) is 3. The van der Waals surface area contributed by atoms with Crippen LogP contribution in [-0.2, 0) is 11.2 Å². The van der Waals surface area contributed by atoms with Gasteiger partial charge in [0.05, 0.1) is 0 Å². The van der Waals surface area contributed by atoms with E-state index in [9.17, 15) is 9.59 Å². The normalized spacial score (nSPS) is 17.6. The molecule has 0 aliphatic carbocycles. The Morgan fingerprint density at radius 3 is 2.65 bits per heavy atom. The number of urea groups is 1. The van der Waals surface area contributed by atoms with Crippen LogP contribution in [0.4, 0.5) is 4.79 Å². The Bertz CT molecular complexity index is 696. The smallest absolute Gasteiger partial charge is 0.324 e. The van der Waals surface area contributed by atoms with Gasteiger partial charge >= 0.3 is 6.03 Å². The molecule has 2 heterocycles. The van der Waals surface area contributed by atoms with Gasteiger partial charge in [-0.1, -0.05) is 43.7 Å². The third-order valence-electron chi connectivity index (χ3n) is 3.97. The van der Waals surface area contributed by atoms with Crippen LogP contribution in [0.5, 0.6) is 0 Å². The molecule has 3 rings (SSSR count). The van der Waals surface area contributed by atoms with Crippen LogP contribution in [-0.4, -0.2) is 29.4 Å². The highest BCUT2D eigenvalue weighted by molar-refractivity contribution is 7.15. The predicted molar refractivity (Wildman–Crippen MR) is 92.4 cm³/mol. The van der Waals surface area contributed by atoms with Gasteiger partial charge in [-0.25, -0.2) is 4.79 Å². The van der Waals surface area contributed by atoms with Crippen LogP contribution in [0.3, 0.4) is 0 Å². The van der Waals surface area contributed by atoms with Gasteiger partial charge in [0.2, 0.25) is 0 Å². The fourth-order valence-electron chi connectivity index (χ4n) is 2.69. The molecule has 1 atom stereocenters. The lowest BCUT2D eigenvalue weighted by Crippen LogP contribution is -2.32. The first kappa shape index (κ1) is 15.7. The SMILES string of the molecule is CCCCN1C(=O)NC(Cc2ccc(-c3ccccc3)s2)C1=O. The molecule has 1 aliphatic rings. The number of carbonyl (C=O) groups is 2. The van der Waals surface area contributed by atoms with Crippen LogP contribution >= 0.6 is 11.3 Å². The van der Waals surface area contributed by atoms with Crippen molar-refractivity contribution in [3.63, 3.8) is 0 Å². The largest absolute Gasteiger partial charge is 0.325 e. The maximum absolute atomic E-state index is 12.4. The van der Waals surface area contributed by atoms with Crippen molar-refractivity contribution in [1.29, 1.82) is 0 Å². The Morgan fingerprint density at radius 1 is 1.13 bits per heavy atom. The van der Waals surface area contributed by atoms with E-state index >= 15 is 0 Å². The number of imide groups is 1. The van der Waals surface area contributed by atoms with Crippen LogP contribution < -0.4 is 5.32 Å². The highest BCUT2D eigenvalue weighted by Gasteiger charge is 2.37. The number of rotatable bonds is 6. The summed E-state index contributed by atoms with van der Waals surface area (Å²) in [5.74, 6) is -0.0990. The Kier molecular flexibility index (Phi) is 4.76. The topological polar surface area (TPSA) is 49.4 Å². The molecule has 4 nitrogen and oxygen atoms in total. The van der Waals surface area contributed by atoms with E-state index in [1.165, 1.54) is 15.3 Å². The highest BCUT2D eigenvalue weighted by Crippen LogP contribution is 2.29. The quantitative estimate of drug-likeness (QED) is 0.822. The summed E-state index contributed by atoms with van der Waals surface area (Å²) in [6.45, 7) is 2.56. The lowest BCUT2D eigenvalue weighted by Gasteiger charge is -2.11. The zero-order chi connectivity index (χ0) is 16.2. The van der Waals surface area contributed by atoms with E-state index in [2.05, 4.69) is 23.5 Å². The second-order valence-electron chi connectivity index (χ2n) is 5.68. The average Bonchev–Trinajstić information content (AvgIpc) is 3.13. The third kappa shape index (κ3) is 3.45. The van der Waals surface area contributed by atoms with Gasteiger partial charge in [0.1, 0.15) is 6.04 Å². The molecule has 1 N–H and O–H groups in total. The second kappa shape index (κ2) is 6.96. The number of thiophene rings is 1. The number of carbonyl (C=O) groups excluding carboxylic acids is 2. The minimum Gasteiger partial charge on any atom is -0.325 e. The van der Waals surface area contributed by atoms with Crippen molar-refractivity contribution in [2.24, 2.45) is 0 Å². The number of unbranched alkanes of at least 4 members (excludes halogenated alkanes) is 1. The van der Waals surface area contributed by atoms with E-state index in [1.54, 1.807) is 11.3 Å². The third-order valence-corrected chi connectivity index (χ3v) is 5.12. The molecule has 1 aromatic carbocycles. The monoisotopic (exact) mass is 328 g/mol. The summed E-state index contributed by atoms with van der Waals surface area (Å²) in [7, 11) is 0. The maximum atomic E-state index is 12.4. The summed E-state index contributed by atoms with van der Waals surface area (Å²) in [5, 5.41) is 2.80. The lowest BCUT2D eigenvalue weighted by molar-refractivity contribution is -0.127. The second-order valence-corrected chi connectivity index (χ2v) is 6.85. The van der Waals surface area contributed by atoms with Gasteiger partial charge in [0.25, 0.3) is 5.91 Å². The maximum Gasteiger partial charge on any atom is 0.324 e. The summed E-state index contributed by atoms with van der Waals surface area (Å²) in [5.41, 5.74) is 1.18. The molecule has 0 radical (unpaired) electrons. The Hall–Kier alpha value is -2.14. The van der Waals surface area contributed by atoms with Gasteiger partial charge in [-0.15, -0.1) is 11.3 Å². The van der Waals surface area contributed by atoms with Crippen LogP contribution in [0, 0.1) is 0 Å². The first-order chi connectivity index (χ1) is 11.2. The van der Waals surface area contributed by atoms with E-state index < -0.39 is 6.04 Å². The van der Waals surface area contributed by atoms with Crippen molar-refractivity contribution in [2.45, 2.75) is 32.2 Å². The van der Waals surface area contributed by atoms with E-state index in [1.807, 2.05) is 31.2 Å². The van der Waals surface area contributed by atoms with Crippen LogP contribution in [0.25, 0.3) is 10.4 Å². The van der Waals surface area contributed by atoms with Gasteiger partial charge in [-0.3, -0.25) is 9.69 Å². The van der Waals surface area contributed by atoms with Gasteiger partial charge in [-0.2, -0.15) is 0 Å². The van der Waals surface area contributed by atoms with Crippen molar-refractivity contribution in [1.82, 2.24) is 10.2 Å². The van der Waals surface area contributed by atoms with Gasteiger partial charge in [-0.05, 0) is 24.1 Å². The lowest BCUT2D eigenvalue weighted by atomic mass is 10.1. The van der Waals surface area contributed by atoms with Crippen molar-refractivity contribution in [3.05, 3.63) is 47.3 Å². The van der Waals surface area contributed by atoms with Gasteiger partial charge < -0.3 is 5.32 Å². The fourth-order valence-corrected chi connectivity index (χ4v) is 3.75. The number of benzene rings is 1. The first-order valence-corrected chi connectivity index (χ1v) is 8.76. The van der Waals surface area contributed by atoms with Crippen LogP contribution in [0.2, 0.25) is 0 Å². The number of amides is 3. The first-order valence-electron chi connectivity index (χ1n) is 7.95. The minimum absolute atomic E-state index is 0.0990.